The van der Waals surface area contributed by atoms with Gasteiger partial charge in [-0.05, 0) is 31.0 Å². The highest BCUT2D eigenvalue weighted by Crippen LogP contribution is 2.22. The minimum absolute atomic E-state index is 0.0322. The Hall–Kier alpha value is -0.770. The Morgan fingerprint density at radius 3 is 2.71 bits per heavy atom. The molecule has 0 bridgehead atoms. The second-order valence-electron chi connectivity index (χ2n) is 3.91. The van der Waals surface area contributed by atoms with E-state index in [4.69, 9.17) is 28.3 Å². The van der Waals surface area contributed by atoms with Crippen LogP contribution in [0.4, 0.5) is 0 Å². The van der Waals surface area contributed by atoms with E-state index < -0.39 is 0 Å². The molecule has 1 aromatic carbocycles. The van der Waals surface area contributed by atoms with Crippen LogP contribution in [-0.4, -0.2) is 23.7 Å². The monoisotopic (exact) mass is 275 g/mol. The topological polar surface area (TPSA) is 49.3 Å². The first kappa shape index (κ1) is 14.3. The second-order valence-corrected chi connectivity index (χ2v) is 4.72. The molecule has 94 valence electrons. The van der Waals surface area contributed by atoms with Gasteiger partial charge in [0.25, 0.3) is 0 Å². The van der Waals surface area contributed by atoms with Gasteiger partial charge in [-0.15, -0.1) is 0 Å². The fraction of sp³-hybridized carbons (Fsp3) is 0.417. The zero-order chi connectivity index (χ0) is 12.8. The van der Waals surface area contributed by atoms with Gasteiger partial charge >= 0.3 is 0 Å². The third-order valence-electron chi connectivity index (χ3n) is 2.32. The van der Waals surface area contributed by atoms with Crippen LogP contribution in [0.1, 0.15) is 18.9 Å². The molecule has 0 heterocycles. The molecular formula is C12H15Cl2NO2. The highest BCUT2D eigenvalue weighted by molar-refractivity contribution is 6.42. The van der Waals surface area contributed by atoms with Crippen molar-refractivity contribution in [3.63, 3.8) is 0 Å². The minimum Gasteiger partial charge on any atom is -0.396 e. The number of carbonyl (C=O) groups is 1. The Kier molecular flexibility index (Phi) is 5.75. The molecule has 5 heteroatoms. The van der Waals surface area contributed by atoms with Gasteiger partial charge < -0.3 is 10.4 Å². The first-order valence-electron chi connectivity index (χ1n) is 5.37. The van der Waals surface area contributed by atoms with Crippen molar-refractivity contribution < 1.29 is 9.90 Å². The van der Waals surface area contributed by atoms with E-state index in [0.29, 0.717) is 16.5 Å². The van der Waals surface area contributed by atoms with Crippen LogP contribution in [0.5, 0.6) is 0 Å². The zero-order valence-electron chi connectivity index (χ0n) is 9.54. The SMILES string of the molecule is CC(CCO)NC(=O)Cc1ccc(Cl)c(Cl)c1. The summed E-state index contributed by atoms with van der Waals surface area (Å²) >= 11 is 11.6. The Morgan fingerprint density at radius 2 is 2.12 bits per heavy atom. The predicted octanol–water partition coefficient (Wildman–Crippen LogP) is 2.42. The van der Waals surface area contributed by atoms with E-state index in [0.717, 1.165) is 5.56 Å². The third kappa shape index (κ3) is 4.94. The lowest BCUT2D eigenvalue weighted by Gasteiger charge is -2.12. The molecule has 1 rings (SSSR count). The summed E-state index contributed by atoms with van der Waals surface area (Å²) in [6.45, 7) is 1.91. The van der Waals surface area contributed by atoms with Crippen molar-refractivity contribution in [1.29, 1.82) is 0 Å². The van der Waals surface area contributed by atoms with Gasteiger partial charge in [-0.2, -0.15) is 0 Å². The third-order valence-corrected chi connectivity index (χ3v) is 3.06. The molecule has 17 heavy (non-hydrogen) atoms. The van der Waals surface area contributed by atoms with Crippen molar-refractivity contribution in [3.8, 4) is 0 Å². The maximum Gasteiger partial charge on any atom is 0.224 e. The molecule has 1 aromatic rings. The molecule has 1 atom stereocenters. The number of rotatable bonds is 5. The predicted molar refractivity (Wildman–Crippen MR) is 69.5 cm³/mol. The molecule has 0 spiro atoms. The van der Waals surface area contributed by atoms with E-state index in [9.17, 15) is 4.79 Å². The van der Waals surface area contributed by atoms with E-state index >= 15 is 0 Å². The number of aliphatic hydroxyl groups excluding tert-OH is 1. The van der Waals surface area contributed by atoms with Crippen LogP contribution in [0.25, 0.3) is 0 Å². The van der Waals surface area contributed by atoms with Gasteiger partial charge in [-0.1, -0.05) is 29.3 Å². The molecule has 0 saturated carbocycles. The average Bonchev–Trinajstić information content (AvgIpc) is 2.23. The van der Waals surface area contributed by atoms with Crippen molar-refractivity contribution in [2.75, 3.05) is 6.61 Å². The molecule has 1 unspecified atom stereocenters. The highest BCUT2D eigenvalue weighted by atomic mass is 35.5. The van der Waals surface area contributed by atoms with E-state index in [1.807, 2.05) is 6.92 Å². The Morgan fingerprint density at radius 1 is 1.41 bits per heavy atom. The van der Waals surface area contributed by atoms with Gasteiger partial charge in [0.2, 0.25) is 5.91 Å². The molecular weight excluding hydrogens is 261 g/mol. The number of halogens is 2. The van der Waals surface area contributed by atoms with E-state index in [1.54, 1.807) is 18.2 Å². The van der Waals surface area contributed by atoms with Gasteiger partial charge in [-0.25, -0.2) is 0 Å². The van der Waals surface area contributed by atoms with E-state index in [2.05, 4.69) is 5.32 Å². The molecule has 0 aromatic heterocycles. The normalized spacial score (nSPS) is 12.2. The van der Waals surface area contributed by atoms with Crippen LogP contribution in [-0.2, 0) is 11.2 Å². The largest absolute Gasteiger partial charge is 0.396 e. The molecule has 0 saturated heterocycles. The molecule has 3 nitrogen and oxygen atoms in total. The minimum atomic E-state index is -0.0932. The lowest BCUT2D eigenvalue weighted by molar-refractivity contribution is -0.121. The van der Waals surface area contributed by atoms with Gasteiger partial charge in [-0.3, -0.25) is 4.79 Å². The zero-order valence-corrected chi connectivity index (χ0v) is 11.1. The number of carbonyl (C=O) groups excluding carboxylic acids is 1. The van der Waals surface area contributed by atoms with Crippen molar-refractivity contribution >= 4 is 29.1 Å². The summed E-state index contributed by atoms with van der Waals surface area (Å²) in [5.74, 6) is -0.0932. The van der Waals surface area contributed by atoms with Crippen LogP contribution in [0.2, 0.25) is 10.0 Å². The standard InChI is InChI=1S/C12H15Cl2NO2/c1-8(4-5-16)15-12(17)7-9-2-3-10(13)11(14)6-9/h2-3,6,8,16H,4-5,7H2,1H3,(H,15,17). The number of amides is 1. The van der Waals surface area contributed by atoms with Crippen molar-refractivity contribution in [2.45, 2.75) is 25.8 Å². The average molecular weight is 276 g/mol. The van der Waals surface area contributed by atoms with Crippen LogP contribution in [0.3, 0.4) is 0 Å². The van der Waals surface area contributed by atoms with Crippen molar-refractivity contribution in [3.05, 3.63) is 33.8 Å². The number of hydrogen-bond donors (Lipinski definition) is 2. The highest BCUT2D eigenvalue weighted by Gasteiger charge is 2.08. The summed E-state index contributed by atoms with van der Waals surface area (Å²) in [4.78, 5) is 11.6. The van der Waals surface area contributed by atoms with E-state index in [-0.39, 0.29) is 25.0 Å². The molecule has 0 radical (unpaired) electrons. The molecule has 0 fully saturated rings. The van der Waals surface area contributed by atoms with Gasteiger partial charge in [0.15, 0.2) is 0 Å². The van der Waals surface area contributed by atoms with Crippen molar-refractivity contribution in [2.24, 2.45) is 0 Å². The maximum atomic E-state index is 11.6. The van der Waals surface area contributed by atoms with Crippen molar-refractivity contribution in [1.82, 2.24) is 5.32 Å². The van der Waals surface area contributed by atoms with Crippen LogP contribution in [0, 0.1) is 0 Å². The lowest BCUT2D eigenvalue weighted by Crippen LogP contribution is -2.34. The summed E-state index contributed by atoms with van der Waals surface area (Å²) in [7, 11) is 0. The Balaban J connectivity index is 2.53. The van der Waals surface area contributed by atoms with Gasteiger partial charge in [0.05, 0.1) is 16.5 Å². The summed E-state index contributed by atoms with van der Waals surface area (Å²) in [6, 6.07) is 5.09. The summed E-state index contributed by atoms with van der Waals surface area (Å²) in [5.41, 5.74) is 0.813. The number of nitrogens with one attached hydrogen (secondary N) is 1. The first-order chi connectivity index (χ1) is 8.02. The molecule has 0 aliphatic rings. The molecule has 2 N–H and O–H groups in total. The fourth-order valence-corrected chi connectivity index (χ4v) is 1.75. The summed E-state index contributed by atoms with van der Waals surface area (Å²) < 4.78 is 0. The van der Waals surface area contributed by atoms with Crippen LogP contribution in [0.15, 0.2) is 18.2 Å². The Labute approximate surface area is 111 Å². The number of aliphatic hydroxyl groups is 1. The molecule has 1 amide bonds. The van der Waals surface area contributed by atoms with E-state index in [1.165, 1.54) is 0 Å². The summed E-state index contributed by atoms with van der Waals surface area (Å²) in [6.07, 6.45) is 0.805. The quantitative estimate of drug-likeness (QED) is 0.867. The molecule has 0 aliphatic carbocycles. The fourth-order valence-electron chi connectivity index (χ4n) is 1.43. The number of benzene rings is 1. The lowest BCUT2D eigenvalue weighted by atomic mass is 10.1. The van der Waals surface area contributed by atoms with Gasteiger partial charge in [0, 0.05) is 12.6 Å². The smallest absolute Gasteiger partial charge is 0.224 e. The maximum absolute atomic E-state index is 11.6. The summed E-state index contributed by atoms with van der Waals surface area (Å²) in [5, 5.41) is 12.4. The van der Waals surface area contributed by atoms with Gasteiger partial charge in [0.1, 0.15) is 0 Å². The Bertz CT molecular complexity index is 396. The first-order valence-corrected chi connectivity index (χ1v) is 6.12. The molecule has 0 aliphatic heterocycles. The number of hydrogen-bond acceptors (Lipinski definition) is 2. The van der Waals surface area contributed by atoms with Crippen LogP contribution >= 0.6 is 23.2 Å². The second kappa shape index (κ2) is 6.84. The van der Waals surface area contributed by atoms with Crippen LogP contribution < -0.4 is 5.32 Å².